The Morgan fingerprint density at radius 3 is 2.83 bits per heavy atom. The molecule has 5 rings (SSSR count). The van der Waals surface area contributed by atoms with Gasteiger partial charge in [-0.05, 0) is 48.4 Å². The van der Waals surface area contributed by atoms with Gasteiger partial charge in [0.1, 0.15) is 5.65 Å². The molecule has 0 saturated heterocycles. The van der Waals surface area contributed by atoms with E-state index in [4.69, 9.17) is 4.98 Å². The molecular weight excluding hydrogens is 380 g/mol. The minimum absolute atomic E-state index is 0.197. The van der Waals surface area contributed by atoms with Crippen LogP contribution in [0.2, 0.25) is 0 Å². The summed E-state index contributed by atoms with van der Waals surface area (Å²) in [5.41, 5.74) is 8.15. The highest BCUT2D eigenvalue weighted by Crippen LogP contribution is 2.36. The molecule has 0 saturated carbocycles. The molecule has 0 bridgehead atoms. The summed E-state index contributed by atoms with van der Waals surface area (Å²) in [6.07, 6.45) is 0. The van der Waals surface area contributed by atoms with Crippen LogP contribution in [0.4, 0.5) is 0 Å². The molecule has 5 aromatic rings. The molecule has 3 aromatic heterocycles. The van der Waals surface area contributed by atoms with Crippen LogP contribution in [0, 0.1) is 18.3 Å². The second-order valence-electron chi connectivity index (χ2n) is 6.77. The zero-order chi connectivity index (χ0) is 20.0. The van der Waals surface area contributed by atoms with Crippen molar-refractivity contribution in [3.63, 3.8) is 0 Å². The maximum atomic E-state index is 11.8. The molecule has 0 aliphatic heterocycles. The number of nitrogens with one attached hydrogen (secondary N) is 1. The number of rotatable bonds is 2. The molecule has 0 atom stereocenters. The normalized spacial score (nSPS) is 11.0. The van der Waals surface area contributed by atoms with Crippen LogP contribution in [0.3, 0.4) is 0 Å². The summed E-state index contributed by atoms with van der Waals surface area (Å²) in [6.45, 7) is 1.92. The fraction of sp³-hybridized carbons (Fsp3) is 0.0435. The predicted octanol–water partition coefficient (Wildman–Crippen LogP) is 5.05. The van der Waals surface area contributed by atoms with Crippen molar-refractivity contribution in [2.75, 3.05) is 0 Å². The van der Waals surface area contributed by atoms with E-state index in [9.17, 15) is 10.1 Å². The monoisotopic (exact) mass is 394 g/mol. The molecule has 0 aliphatic carbocycles. The molecule has 138 valence electrons. The maximum Gasteiger partial charge on any atom is 0.249 e. The van der Waals surface area contributed by atoms with Gasteiger partial charge in [-0.15, -0.1) is 11.3 Å². The summed E-state index contributed by atoms with van der Waals surface area (Å²) in [6, 6.07) is 19.3. The largest absolute Gasteiger partial charge is 0.307 e. The summed E-state index contributed by atoms with van der Waals surface area (Å²) in [5, 5.41) is 10.3. The van der Waals surface area contributed by atoms with Gasteiger partial charge in [-0.3, -0.25) is 4.79 Å². The van der Waals surface area contributed by atoms with Crippen molar-refractivity contribution in [2.24, 2.45) is 0 Å². The number of benzene rings is 2. The molecule has 0 fully saturated rings. The van der Waals surface area contributed by atoms with Crippen molar-refractivity contribution in [3.8, 4) is 28.5 Å². The Morgan fingerprint density at radius 1 is 1.07 bits per heavy atom. The molecule has 0 spiro atoms. The highest BCUT2D eigenvalue weighted by Gasteiger charge is 2.16. The van der Waals surface area contributed by atoms with Crippen molar-refractivity contribution < 1.29 is 0 Å². The lowest BCUT2D eigenvalue weighted by Gasteiger charge is -2.14. The SMILES string of the molecule is Cc1c(C#N)cccc1-c1nc2[nH]c(=O)ccc2cc1-c1ccc2ncsc2c1. The first-order valence-electron chi connectivity index (χ1n) is 9.02. The lowest BCUT2D eigenvalue weighted by molar-refractivity contribution is 1.23. The third kappa shape index (κ3) is 2.89. The molecule has 6 heteroatoms. The molecule has 0 aliphatic rings. The number of aromatic amines is 1. The van der Waals surface area contributed by atoms with E-state index in [2.05, 4.69) is 22.1 Å². The Hall–Kier alpha value is -3.82. The van der Waals surface area contributed by atoms with Gasteiger partial charge in [0.2, 0.25) is 5.56 Å². The van der Waals surface area contributed by atoms with E-state index in [1.807, 2.05) is 42.8 Å². The molecule has 0 unspecified atom stereocenters. The molecule has 2 aromatic carbocycles. The third-order valence-corrected chi connectivity index (χ3v) is 5.85. The predicted molar refractivity (Wildman–Crippen MR) is 116 cm³/mol. The average molecular weight is 394 g/mol. The van der Waals surface area contributed by atoms with Crippen molar-refractivity contribution in [1.82, 2.24) is 15.0 Å². The number of pyridine rings is 2. The van der Waals surface area contributed by atoms with E-state index in [-0.39, 0.29) is 5.56 Å². The average Bonchev–Trinajstić information content (AvgIpc) is 3.21. The highest BCUT2D eigenvalue weighted by molar-refractivity contribution is 7.16. The second kappa shape index (κ2) is 6.66. The zero-order valence-corrected chi connectivity index (χ0v) is 16.2. The number of hydrogen-bond donors (Lipinski definition) is 1. The Morgan fingerprint density at radius 2 is 1.97 bits per heavy atom. The van der Waals surface area contributed by atoms with E-state index < -0.39 is 0 Å². The molecular formula is C23H14N4OS. The van der Waals surface area contributed by atoms with Crippen LogP contribution >= 0.6 is 11.3 Å². The van der Waals surface area contributed by atoms with E-state index in [0.717, 1.165) is 43.6 Å². The van der Waals surface area contributed by atoms with Crippen molar-refractivity contribution >= 4 is 32.6 Å². The van der Waals surface area contributed by atoms with Crippen LogP contribution in [-0.2, 0) is 0 Å². The van der Waals surface area contributed by atoms with Gasteiger partial charge in [0.25, 0.3) is 0 Å². The molecule has 3 heterocycles. The van der Waals surface area contributed by atoms with Crippen LogP contribution in [-0.4, -0.2) is 15.0 Å². The summed E-state index contributed by atoms with van der Waals surface area (Å²) < 4.78 is 1.09. The minimum Gasteiger partial charge on any atom is -0.307 e. The topological polar surface area (TPSA) is 82.4 Å². The van der Waals surface area contributed by atoms with Gasteiger partial charge in [-0.25, -0.2) is 9.97 Å². The van der Waals surface area contributed by atoms with E-state index in [1.165, 1.54) is 6.07 Å². The van der Waals surface area contributed by atoms with Crippen LogP contribution < -0.4 is 5.56 Å². The zero-order valence-electron chi connectivity index (χ0n) is 15.4. The Bertz CT molecular complexity index is 1510. The van der Waals surface area contributed by atoms with Crippen LogP contribution in [0.1, 0.15) is 11.1 Å². The first kappa shape index (κ1) is 17.3. The Balaban J connectivity index is 1.86. The fourth-order valence-corrected chi connectivity index (χ4v) is 4.26. The second-order valence-corrected chi connectivity index (χ2v) is 7.66. The lowest BCUT2D eigenvalue weighted by Crippen LogP contribution is -2.05. The van der Waals surface area contributed by atoms with Crippen LogP contribution in [0.25, 0.3) is 43.6 Å². The number of nitrogens with zero attached hydrogens (tertiary/aromatic N) is 3. The number of H-pyrrole nitrogens is 1. The molecule has 0 radical (unpaired) electrons. The summed E-state index contributed by atoms with van der Waals surface area (Å²) >= 11 is 1.59. The number of nitriles is 1. The smallest absolute Gasteiger partial charge is 0.249 e. The van der Waals surface area contributed by atoms with E-state index >= 15 is 0 Å². The van der Waals surface area contributed by atoms with Gasteiger partial charge in [-0.1, -0.05) is 18.2 Å². The fourth-order valence-electron chi connectivity index (χ4n) is 3.54. The summed E-state index contributed by atoms with van der Waals surface area (Å²) in [4.78, 5) is 23.8. The van der Waals surface area contributed by atoms with Gasteiger partial charge < -0.3 is 4.98 Å². The molecule has 0 amide bonds. The Kier molecular flexibility index (Phi) is 3.97. The van der Waals surface area contributed by atoms with Crippen molar-refractivity contribution in [1.29, 1.82) is 5.26 Å². The minimum atomic E-state index is -0.197. The first-order chi connectivity index (χ1) is 14.1. The number of aromatic nitrogens is 3. The van der Waals surface area contributed by atoms with Crippen molar-refractivity contribution in [2.45, 2.75) is 6.92 Å². The molecule has 1 N–H and O–H groups in total. The van der Waals surface area contributed by atoms with Gasteiger partial charge in [0.05, 0.1) is 33.1 Å². The number of fused-ring (bicyclic) bond motifs is 2. The number of thiazole rings is 1. The molecule has 5 nitrogen and oxygen atoms in total. The number of hydrogen-bond acceptors (Lipinski definition) is 5. The van der Waals surface area contributed by atoms with Crippen molar-refractivity contribution in [3.05, 3.63) is 81.6 Å². The summed E-state index contributed by atoms with van der Waals surface area (Å²) in [7, 11) is 0. The van der Waals surface area contributed by atoms with Gasteiger partial charge in [0, 0.05) is 22.6 Å². The van der Waals surface area contributed by atoms with Gasteiger partial charge in [-0.2, -0.15) is 5.26 Å². The van der Waals surface area contributed by atoms with E-state index in [0.29, 0.717) is 11.2 Å². The van der Waals surface area contributed by atoms with Crippen LogP contribution in [0.15, 0.2) is 64.9 Å². The van der Waals surface area contributed by atoms with E-state index in [1.54, 1.807) is 23.5 Å². The standard InChI is InChI=1S/C23H14N4OS/c1-13-16(11-24)3-2-4-17(13)22-18(9-15-6-8-21(28)26-23(15)27-22)14-5-7-19-20(10-14)29-12-25-19/h2-10,12H,1H3,(H,26,27,28). The lowest BCUT2D eigenvalue weighted by atomic mass is 9.93. The quantitative estimate of drug-likeness (QED) is 0.454. The highest BCUT2D eigenvalue weighted by atomic mass is 32.1. The Labute approximate surface area is 169 Å². The van der Waals surface area contributed by atoms with Crippen LogP contribution in [0.5, 0.6) is 0 Å². The first-order valence-corrected chi connectivity index (χ1v) is 9.90. The summed E-state index contributed by atoms with van der Waals surface area (Å²) in [5.74, 6) is 0. The van der Waals surface area contributed by atoms with Gasteiger partial charge in [0.15, 0.2) is 0 Å². The molecule has 29 heavy (non-hydrogen) atoms. The van der Waals surface area contributed by atoms with Gasteiger partial charge >= 0.3 is 0 Å². The third-order valence-electron chi connectivity index (χ3n) is 5.06. The maximum absolute atomic E-state index is 11.8.